The van der Waals surface area contributed by atoms with Crippen LogP contribution in [0.25, 0.3) is 0 Å². The standard InChI is InChI=1S/C23H17N5O4S/c1-13-7-16(10-25)8-14(2)20(13)32-21-19(33-12-18(29)22(30)31)11-26-23(28-21)27-17-5-3-15(9-24)4-6-17/h3-8,11H,12H2,1-2H3,(H,30,31)(H,26,27,28). The van der Waals surface area contributed by atoms with Gasteiger partial charge >= 0.3 is 5.97 Å². The van der Waals surface area contributed by atoms with Gasteiger partial charge in [0.25, 0.3) is 0 Å². The summed E-state index contributed by atoms with van der Waals surface area (Å²) in [5.41, 5.74) is 3.07. The molecule has 1 heterocycles. The number of benzene rings is 2. The molecule has 0 bridgehead atoms. The number of carbonyl (C=O) groups is 2. The zero-order valence-corrected chi connectivity index (χ0v) is 18.4. The van der Waals surface area contributed by atoms with Crippen LogP contribution in [0.3, 0.4) is 0 Å². The van der Waals surface area contributed by atoms with Crippen molar-refractivity contribution in [2.24, 2.45) is 0 Å². The molecule has 3 rings (SSSR count). The fourth-order valence-corrected chi connectivity index (χ4v) is 3.57. The number of aromatic nitrogens is 2. The summed E-state index contributed by atoms with van der Waals surface area (Å²) in [6, 6.07) is 14.2. The largest absolute Gasteiger partial charge is 0.475 e. The number of nitrogens with one attached hydrogen (secondary N) is 1. The molecule has 0 saturated carbocycles. The number of rotatable bonds is 8. The van der Waals surface area contributed by atoms with Crippen LogP contribution < -0.4 is 10.1 Å². The first-order chi connectivity index (χ1) is 15.8. The fraction of sp³-hybridized carbons (Fsp3) is 0.130. The van der Waals surface area contributed by atoms with Crippen molar-refractivity contribution < 1.29 is 19.4 Å². The average molecular weight is 459 g/mol. The topological polar surface area (TPSA) is 149 Å². The summed E-state index contributed by atoms with van der Waals surface area (Å²) in [5, 5.41) is 30.0. The molecule has 0 fully saturated rings. The number of carboxylic acid groups (broad SMARTS) is 1. The molecule has 0 spiro atoms. The highest BCUT2D eigenvalue weighted by molar-refractivity contribution is 8.00. The Balaban J connectivity index is 1.95. The summed E-state index contributed by atoms with van der Waals surface area (Å²) in [6.07, 6.45) is 1.43. The summed E-state index contributed by atoms with van der Waals surface area (Å²) < 4.78 is 6.06. The SMILES string of the molecule is Cc1cc(C#N)cc(C)c1Oc1nc(Nc2ccc(C#N)cc2)ncc1SCC(=O)C(=O)O. The number of thioether (sulfide) groups is 1. The van der Waals surface area contributed by atoms with Gasteiger partial charge in [-0.2, -0.15) is 15.5 Å². The highest BCUT2D eigenvalue weighted by Crippen LogP contribution is 2.35. The molecule has 164 valence electrons. The van der Waals surface area contributed by atoms with Gasteiger partial charge < -0.3 is 15.2 Å². The Kier molecular flexibility index (Phi) is 7.24. The maximum Gasteiger partial charge on any atom is 0.373 e. The van der Waals surface area contributed by atoms with Crippen molar-refractivity contribution >= 4 is 35.2 Å². The van der Waals surface area contributed by atoms with E-state index < -0.39 is 11.8 Å². The minimum absolute atomic E-state index is 0.125. The van der Waals surface area contributed by atoms with E-state index in [9.17, 15) is 9.59 Å². The van der Waals surface area contributed by atoms with E-state index in [1.54, 1.807) is 50.2 Å². The highest BCUT2D eigenvalue weighted by atomic mass is 32.2. The molecule has 1 aromatic heterocycles. The van der Waals surface area contributed by atoms with Crippen LogP contribution in [-0.2, 0) is 9.59 Å². The van der Waals surface area contributed by atoms with E-state index >= 15 is 0 Å². The quantitative estimate of drug-likeness (QED) is 0.372. The van der Waals surface area contributed by atoms with E-state index in [1.165, 1.54) is 6.20 Å². The molecule has 3 aromatic rings. The van der Waals surface area contributed by atoms with Crippen LogP contribution in [0.1, 0.15) is 22.3 Å². The molecule has 9 nitrogen and oxygen atoms in total. The van der Waals surface area contributed by atoms with Crippen LogP contribution in [0, 0.1) is 36.5 Å². The second-order valence-electron chi connectivity index (χ2n) is 6.85. The number of hydrogen-bond acceptors (Lipinski definition) is 9. The van der Waals surface area contributed by atoms with Crippen molar-refractivity contribution in [3.05, 3.63) is 64.8 Å². The van der Waals surface area contributed by atoms with Crippen molar-refractivity contribution in [3.63, 3.8) is 0 Å². The monoisotopic (exact) mass is 459 g/mol. The first-order valence-electron chi connectivity index (χ1n) is 9.53. The second kappa shape index (κ2) is 10.3. The van der Waals surface area contributed by atoms with Gasteiger partial charge in [0.1, 0.15) is 5.75 Å². The second-order valence-corrected chi connectivity index (χ2v) is 7.86. The summed E-state index contributed by atoms with van der Waals surface area (Å²) in [4.78, 5) is 31.4. The van der Waals surface area contributed by atoms with Gasteiger partial charge in [0.15, 0.2) is 0 Å². The molecular weight excluding hydrogens is 442 g/mol. The van der Waals surface area contributed by atoms with Crippen LogP contribution in [0.2, 0.25) is 0 Å². The lowest BCUT2D eigenvalue weighted by atomic mass is 10.1. The number of ether oxygens (including phenoxy) is 1. The summed E-state index contributed by atoms with van der Waals surface area (Å²) in [7, 11) is 0. The molecular formula is C23H17N5O4S. The van der Waals surface area contributed by atoms with Crippen LogP contribution in [0.15, 0.2) is 47.5 Å². The normalized spacial score (nSPS) is 10.1. The lowest BCUT2D eigenvalue weighted by molar-refractivity contribution is -0.147. The molecule has 0 saturated heterocycles. The van der Waals surface area contributed by atoms with Crippen molar-refractivity contribution in [3.8, 4) is 23.8 Å². The first-order valence-corrected chi connectivity index (χ1v) is 10.5. The van der Waals surface area contributed by atoms with E-state index in [0.717, 1.165) is 11.8 Å². The Labute approximate surface area is 193 Å². The van der Waals surface area contributed by atoms with Gasteiger partial charge in [-0.3, -0.25) is 4.79 Å². The molecule has 0 aliphatic heterocycles. The lowest BCUT2D eigenvalue weighted by Gasteiger charge is -2.15. The molecule has 0 radical (unpaired) electrons. The lowest BCUT2D eigenvalue weighted by Crippen LogP contribution is -2.14. The molecule has 2 aromatic carbocycles. The number of anilines is 2. The van der Waals surface area contributed by atoms with Crippen molar-refractivity contribution in [1.82, 2.24) is 9.97 Å². The Morgan fingerprint density at radius 2 is 1.73 bits per heavy atom. The molecule has 2 N–H and O–H groups in total. The van der Waals surface area contributed by atoms with E-state index in [4.69, 9.17) is 20.4 Å². The zero-order chi connectivity index (χ0) is 24.0. The summed E-state index contributed by atoms with van der Waals surface area (Å²) in [5.74, 6) is -1.99. The highest BCUT2D eigenvalue weighted by Gasteiger charge is 2.18. The van der Waals surface area contributed by atoms with Crippen LogP contribution in [0.4, 0.5) is 11.6 Å². The number of carbonyl (C=O) groups excluding carboxylic acids is 1. The number of nitrogens with zero attached hydrogens (tertiary/aromatic N) is 4. The maximum absolute atomic E-state index is 11.6. The number of aryl methyl sites for hydroxylation is 2. The third kappa shape index (κ3) is 5.85. The Hall–Kier alpha value is -4.41. The van der Waals surface area contributed by atoms with E-state index in [1.807, 2.05) is 6.07 Å². The number of aliphatic carboxylic acids is 1. The predicted molar refractivity (Wildman–Crippen MR) is 121 cm³/mol. The fourth-order valence-electron chi connectivity index (χ4n) is 2.82. The third-order valence-corrected chi connectivity index (χ3v) is 5.38. The average Bonchev–Trinajstić information content (AvgIpc) is 2.80. The van der Waals surface area contributed by atoms with Gasteiger partial charge in [0.2, 0.25) is 17.6 Å². The Bertz CT molecular complexity index is 1290. The van der Waals surface area contributed by atoms with Gasteiger partial charge in [0.05, 0.1) is 33.9 Å². The maximum atomic E-state index is 11.6. The van der Waals surface area contributed by atoms with Crippen molar-refractivity contribution in [2.75, 3.05) is 11.1 Å². The molecule has 0 aliphatic carbocycles. The third-order valence-electron chi connectivity index (χ3n) is 4.38. The first kappa shape index (κ1) is 23.3. The Morgan fingerprint density at radius 3 is 2.30 bits per heavy atom. The van der Waals surface area contributed by atoms with Crippen LogP contribution in [-0.4, -0.2) is 32.6 Å². The van der Waals surface area contributed by atoms with Gasteiger partial charge in [-0.15, -0.1) is 11.8 Å². The molecule has 0 atom stereocenters. The minimum Gasteiger partial charge on any atom is -0.475 e. The molecule has 0 aliphatic rings. The molecule has 0 amide bonds. The number of Topliss-reactive ketones (excluding diaryl/α,β-unsaturated/α-hetero) is 1. The smallest absolute Gasteiger partial charge is 0.373 e. The van der Waals surface area contributed by atoms with Crippen LogP contribution in [0.5, 0.6) is 11.6 Å². The van der Waals surface area contributed by atoms with Crippen molar-refractivity contribution in [1.29, 1.82) is 10.5 Å². The van der Waals surface area contributed by atoms with E-state index in [-0.39, 0.29) is 17.6 Å². The van der Waals surface area contributed by atoms with Gasteiger partial charge in [-0.1, -0.05) is 0 Å². The van der Waals surface area contributed by atoms with Crippen LogP contribution >= 0.6 is 11.8 Å². The number of ketones is 1. The Morgan fingerprint density at radius 1 is 1.09 bits per heavy atom. The van der Waals surface area contributed by atoms with Gasteiger partial charge in [-0.05, 0) is 61.4 Å². The summed E-state index contributed by atoms with van der Waals surface area (Å²) >= 11 is 0.945. The molecule has 0 unspecified atom stereocenters. The minimum atomic E-state index is -1.52. The number of nitriles is 2. The van der Waals surface area contributed by atoms with Gasteiger partial charge in [0, 0.05) is 11.9 Å². The molecule has 33 heavy (non-hydrogen) atoms. The number of hydrogen-bond donors (Lipinski definition) is 2. The molecule has 10 heteroatoms. The number of carboxylic acids is 1. The predicted octanol–water partition coefficient (Wildman–Crippen LogP) is 4.12. The summed E-state index contributed by atoms with van der Waals surface area (Å²) in [6.45, 7) is 3.59. The van der Waals surface area contributed by atoms with E-state index in [2.05, 4.69) is 21.4 Å². The zero-order valence-electron chi connectivity index (χ0n) is 17.6. The van der Waals surface area contributed by atoms with Crippen molar-refractivity contribution in [2.45, 2.75) is 18.7 Å². The van der Waals surface area contributed by atoms with E-state index in [0.29, 0.717) is 38.6 Å². The van der Waals surface area contributed by atoms with Gasteiger partial charge in [-0.25, -0.2) is 9.78 Å².